The van der Waals surface area contributed by atoms with Gasteiger partial charge in [-0.1, -0.05) is 0 Å². The van der Waals surface area contributed by atoms with Crippen molar-refractivity contribution in [1.82, 2.24) is 25.3 Å². The summed E-state index contributed by atoms with van der Waals surface area (Å²) in [6, 6.07) is 0. The minimum absolute atomic E-state index is 0.910. The van der Waals surface area contributed by atoms with Crippen molar-refractivity contribution in [3.63, 3.8) is 0 Å². The second kappa shape index (κ2) is 5.30. The Morgan fingerprint density at radius 2 is 1.33 bits per heavy atom. The van der Waals surface area contributed by atoms with E-state index in [0.717, 1.165) is 13.1 Å². The van der Waals surface area contributed by atoms with E-state index in [-0.39, 0.29) is 0 Å². The van der Waals surface area contributed by atoms with E-state index in [1.54, 1.807) is 0 Å². The number of aromatic amines is 2. The highest BCUT2D eigenvalue weighted by Crippen LogP contribution is 2.25. The highest BCUT2D eigenvalue weighted by Gasteiger charge is 2.21. The first-order valence-corrected chi connectivity index (χ1v) is 8.10. The molecule has 5 heteroatoms. The molecule has 2 aliphatic rings. The molecule has 0 saturated heterocycles. The molecule has 4 rings (SSSR count). The molecule has 2 heterocycles. The Morgan fingerprint density at radius 3 is 2.00 bits per heavy atom. The van der Waals surface area contributed by atoms with Gasteiger partial charge in [0.1, 0.15) is 0 Å². The summed E-state index contributed by atoms with van der Waals surface area (Å²) >= 11 is 0. The van der Waals surface area contributed by atoms with E-state index in [1.807, 2.05) is 0 Å². The predicted octanol–water partition coefficient (Wildman–Crippen LogP) is 2.13. The lowest BCUT2D eigenvalue weighted by Gasteiger charge is -2.17. The topological polar surface area (TPSA) is 60.6 Å². The van der Waals surface area contributed by atoms with Crippen molar-refractivity contribution in [2.75, 3.05) is 7.05 Å². The van der Waals surface area contributed by atoms with Crippen LogP contribution in [0.25, 0.3) is 0 Å². The highest BCUT2D eigenvalue weighted by molar-refractivity contribution is 5.30. The summed E-state index contributed by atoms with van der Waals surface area (Å²) in [5.41, 5.74) is 8.13. The largest absolute Gasteiger partial charge is 0.295 e. The van der Waals surface area contributed by atoms with Crippen LogP contribution in [-0.4, -0.2) is 32.3 Å². The first-order valence-electron chi connectivity index (χ1n) is 8.10. The van der Waals surface area contributed by atoms with Crippen molar-refractivity contribution in [3.8, 4) is 0 Å². The van der Waals surface area contributed by atoms with Gasteiger partial charge in [-0.25, -0.2) is 0 Å². The molecule has 0 aromatic carbocycles. The zero-order valence-electron chi connectivity index (χ0n) is 12.7. The molecule has 0 radical (unpaired) electrons. The lowest BCUT2D eigenvalue weighted by atomic mass is 9.96. The molecule has 5 nitrogen and oxygen atoms in total. The summed E-state index contributed by atoms with van der Waals surface area (Å²) in [5, 5.41) is 15.5. The van der Waals surface area contributed by atoms with Gasteiger partial charge in [-0.05, 0) is 63.1 Å². The highest BCUT2D eigenvalue weighted by atomic mass is 15.2. The quantitative estimate of drug-likeness (QED) is 0.904. The number of nitrogens with zero attached hydrogens (tertiary/aromatic N) is 3. The average Bonchev–Trinajstić information content (AvgIpc) is 3.17. The van der Waals surface area contributed by atoms with E-state index < -0.39 is 0 Å². The van der Waals surface area contributed by atoms with Gasteiger partial charge in [-0.2, -0.15) is 10.2 Å². The van der Waals surface area contributed by atoms with Crippen LogP contribution in [-0.2, 0) is 38.8 Å². The van der Waals surface area contributed by atoms with E-state index >= 15 is 0 Å². The molecule has 2 aromatic rings. The van der Waals surface area contributed by atoms with Crippen molar-refractivity contribution in [3.05, 3.63) is 33.9 Å². The Labute approximate surface area is 125 Å². The zero-order valence-corrected chi connectivity index (χ0v) is 12.7. The molecule has 0 atom stereocenters. The molecule has 0 unspecified atom stereocenters. The Hall–Kier alpha value is -1.62. The first-order chi connectivity index (χ1) is 10.3. The monoisotopic (exact) mass is 285 g/mol. The third-order valence-corrected chi connectivity index (χ3v) is 4.87. The number of fused-ring (bicyclic) bond motifs is 2. The van der Waals surface area contributed by atoms with Crippen molar-refractivity contribution < 1.29 is 0 Å². The van der Waals surface area contributed by atoms with E-state index in [0.29, 0.717) is 0 Å². The van der Waals surface area contributed by atoms with Crippen LogP contribution < -0.4 is 0 Å². The minimum Gasteiger partial charge on any atom is -0.295 e. The van der Waals surface area contributed by atoms with Crippen molar-refractivity contribution in [2.45, 2.75) is 58.0 Å². The molecular weight excluding hydrogens is 262 g/mol. The van der Waals surface area contributed by atoms with Gasteiger partial charge in [0.25, 0.3) is 0 Å². The Morgan fingerprint density at radius 1 is 0.810 bits per heavy atom. The minimum atomic E-state index is 0.910. The van der Waals surface area contributed by atoms with Gasteiger partial charge in [0, 0.05) is 24.5 Å². The number of H-pyrrole nitrogens is 2. The Bertz CT molecular complexity index is 639. The summed E-state index contributed by atoms with van der Waals surface area (Å²) in [7, 11) is 2.17. The standard InChI is InChI=1S/C16H23N5/c1-21(10-16-12-6-4-8-14(12)18-20-16)9-15-11-5-2-3-7-13(11)17-19-15/h2-10H2,1H3,(H,17,19)(H,18,20). The number of nitrogens with one attached hydrogen (secondary N) is 2. The number of rotatable bonds is 4. The second-order valence-electron chi connectivity index (χ2n) is 6.49. The predicted molar refractivity (Wildman–Crippen MR) is 81.0 cm³/mol. The Kier molecular flexibility index (Phi) is 3.30. The Balaban J connectivity index is 1.46. The summed E-state index contributed by atoms with van der Waals surface area (Å²) in [5.74, 6) is 0. The maximum Gasteiger partial charge on any atom is 0.0797 e. The summed E-state index contributed by atoms with van der Waals surface area (Å²) in [6.45, 7) is 1.82. The van der Waals surface area contributed by atoms with Crippen LogP contribution in [0.3, 0.4) is 0 Å². The van der Waals surface area contributed by atoms with Crippen molar-refractivity contribution >= 4 is 0 Å². The van der Waals surface area contributed by atoms with E-state index in [2.05, 4.69) is 32.3 Å². The molecule has 112 valence electrons. The van der Waals surface area contributed by atoms with Crippen molar-refractivity contribution in [1.29, 1.82) is 0 Å². The van der Waals surface area contributed by atoms with E-state index in [9.17, 15) is 0 Å². The summed E-state index contributed by atoms with van der Waals surface area (Å²) in [6.07, 6.45) is 8.57. The number of hydrogen-bond donors (Lipinski definition) is 2. The lowest BCUT2D eigenvalue weighted by Crippen LogP contribution is -2.19. The molecule has 0 saturated carbocycles. The smallest absolute Gasteiger partial charge is 0.0797 e. The third-order valence-electron chi connectivity index (χ3n) is 4.87. The fourth-order valence-electron chi connectivity index (χ4n) is 3.77. The second-order valence-corrected chi connectivity index (χ2v) is 6.49. The third kappa shape index (κ3) is 2.39. The molecule has 2 aromatic heterocycles. The first kappa shape index (κ1) is 13.1. The van der Waals surface area contributed by atoms with Crippen LogP contribution in [0, 0.1) is 0 Å². The maximum absolute atomic E-state index is 4.54. The molecule has 2 aliphatic carbocycles. The molecule has 21 heavy (non-hydrogen) atoms. The van der Waals surface area contributed by atoms with E-state index in [4.69, 9.17) is 0 Å². The van der Waals surface area contributed by atoms with Gasteiger partial charge in [0.05, 0.1) is 11.4 Å². The number of aromatic nitrogens is 4. The summed E-state index contributed by atoms with van der Waals surface area (Å²) < 4.78 is 0. The SMILES string of the molecule is CN(Cc1n[nH]c2c1CCCC2)Cc1n[nH]c2c1CCC2. The maximum atomic E-state index is 4.54. The van der Waals surface area contributed by atoms with Gasteiger partial charge < -0.3 is 0 Å². The average molecular weight is 285 g/mol. The van der Waals surface area contributed by atoms with Crippen LogP contribution in [0.15, 0.2) is 0 Å². The lowest BCUT2D eigenvalue weighted by molar-refractivity contribution is 0.308. The molecule has 0 aliphatic heterocycles. The number of aryl methyl sites for hydroxylation is 2. The van der Waals surface area contributed by atoms with Crippen LogP contribution in [0.5, 0.6) is 0 Å². The molecular formula is C16H23N5. The van der Waals surface area contributed by atoms with Crippen molar-refractivity contribution in [2.24, 2.45) is 0 Å². The van der Waals surface area contributed by atoms with Crippen LogP contribution in [0.4, 0.5) is 0 Å². The van der Waals surface area contributed by atoms with Gasteiger partial charge in [0.2, 0.25) is 0 Å². The molecule has 0 fully saturated rings. The molecule has 0 spiro atoms. The van der Waals surface area contributed by atoms with Gasteiger partial charge in [-0.15, -0.1) is 0 Å². The number of hydrogen-bond acceptors (Lipinski definition) is 3. The van der Waals surface area contributed by atoms with E-state index in [1.165, 1.54) is 78.8 Å². The summed E-state index contributed by atoms with van der Waals surface area (Å²) in [4.78, 5) is 2.33. The van der Waals surface area contributed by atoms with Crippen LogP contribution in [0.2, 0.25) is 0 Å². The zero-order chi connectivity index (χ0) is 14.2. The fourth-order valence-corrected chi connectivity index (χ4v) is 3.77. The fraction of sp³-hybridized carbons (Fsp3) is 0.625. The molecule has 0 amide bonds. The molecule has 0 bridgehead atoms. The molecule has 2 N–H and O–H groups in total. The van der Waals surface area contributed by atoms with Gasteiger partial charge >= 0.3 is 0 Å². The van der Waals surface area contributed by atoms with Crippen LogP contribution in [0.1, 0.15) is 53.2 Å². The van der Waals surface area contributed by atoms with Gasteiger partial charge in [-0.3, -0.25) is 15.1 Å². The van der Waals surface area contributed by atoms with Gasteiger partial charge in [0.15, 0.2) is 0 Å². The normalized spacial score (nSPS) is 17.2. The van der Waals surface area contributed by atoms with Crippen LogP contribution >= 0.6 is 0 Å².